The number of anilines is 1. The van der Waals surface area contributed by atoms with Gasteiger partial charge in [0.15, 0.2) is 0 Å². The Kier molecular flexibility index (Phi) is 6.89. The third-order valence-electron chi connectivity index (χ3n) is 5.13. The summed E-state index contributed by atoms with van der Waals surface area (Å²) >= 11 is 1.49. The number of ether oxygens (including phenoxy) is 1. The lowest BCUT2D eigenvalue weighted by atomic mass is 10.1. The highest BCUT2D eigenvalue weighted by molar-refractivity contribution is 7.98. The van der Waals surface area contributed by atoms with E-state index in [1.54, 1.807) is 17.2 Å². The van der Waals surface area contributed by atoms with Gasteiger partial charge in [0.25, 0.3) is 5.91 Å². The maximum absolute atomic E-state index is 13.3. The van der Waals surface area contributed by atoms with Crippen molar-refractivity contribution in [2.45, 2.75) is 24.2 Å². The SMILES string of the molecule is Cc1cc(CSc2ncccc2C(=O)N(C)Cc2ccccc2N2CCOCC2)no1. The summed E-state index contributed by atoms with van der Waals surface area (Å²) in [5.41, 5.74) is 3.71. The van der Waals surface area contributed by atoms with E-state index < -0.39 is 0 Å². The van der Waals surface area contributed by atoms with Crippen LogP contribution in [0.15, 0.2) is 58.2 Å². The van der Waals surface area contributed by atoms with Crippen molar-refractivity contribution in [3.8, 4) is 0 Å². The summed E-state index contributed by atoms with van der Waals surface area (Å²) in [7, 11) is 1.83. The molecule has 0 aliphatic carbocycles. The highest BCUT2D eigenvalue weighted by atomic mass is 32.2. The summed E-state index contributed by atoms with van der Waals surface area (Å²) in [6, 6.07) is 13.8. The van der Waals surface area contributed by atoms with Crippen molar-refractivity contribution in [1.29, 1.82) is 0 Å². The van der Waals surface area contributed by atoms with Crippen LogP contribution in [0.1, 0.15) is 27.4 Å². The van der Waals surface area contributed by atoms with Gasteiger partial charge in [0.1, 0.15) is 10.8 Å². The third kappa shape index (κ3) is 5.26. The zero-order chi connectivity index (χ0) is 21.6. The fourth-order valence-electron chi connectivity index (χ4n) is 3.59. The van der Waals surface area contributed by atoms with Gasteiger partial charge >= 0.3 is 0 Å². The molecule has 1 saturated heterocycles. The number of aryl methyl sites for hydroxylation is 1. The Labute approximate surface area is 186 Å². The number of rotatable bonds is 7. The number of thioether (sulfide) groups is 1. The Morgan fingerprint density at radius 3 is 2.77 bits per heavy atom. The van der Waals surface area contributed by atoms with Crippen LogP contribution in [0.3, 0.4) is 0 Å². The Hall–Kier alpha value is -2.84. The molecule has 0 atom stereocenters. The smallest absolute Gasteiger partial charge is 0.256 e. The van der Waals surface area contributed by atoms with E-state index in [0.29, 0.717) is 22.9 Å². The highest BCUT2D eigenvalue weighted by Gasteiger charge is 2.20. The number of morpholine rings is 1. The van der Waals surface area contributed by atoms with E-state index in [1.165, 1.54) is 11.8 Å². The second-order valence-corrected chi connectivity index (χ2v) is 8.43. The van der Waals surface area contributed by atoms with E-state index >= 15 is 0 Å². The monoisotopic (exact) mass is 438 g/mol. The molecule has 0 bridgehead atoms. The molecule has 8 heteroatoms. The van der Waals surface area contributed by atoms with Crippen LogP contribution >= 0.6 is 11.8 Å². The molecule has 3 heterocycles. The molecule has 0 N–H and O–H groups in total. The van der Waals surface area contributed by atoms with Crippen LogP contribution in [0.25, 0.3) is 0 Å². The molecule has 162 valence electrons. The molecule has 7 nitrogen and oxygen atoms in total. The number of nitrogens with zero attached hydrogens (tertiary/aromatic N) is 4. The van der Waals surface area contributed by atoms with E-state index in [0.717, 1.165) is 49.0 Å². The standard InChI is InChI=1S/C23H26N4O3S/c1-17-14-19(25-30-17)16-31-22-20(7-5-9-24-22)23(28)26(2)15-18-6-3-4-8-21(18)27-10-12-29-13-11-27/h3-9,14H,10-13,15-16H2,1-2H3. The second kappa shape index (κ2) is 9.98. The van der Waals surface area contributed by atoms with Gasteiger partial charge in [-0.15, -0.1) is 0 Å². The summed E-state index contributed by atoms with van der Waals surface area (Å²) in [4.78, 5) is 21.8. The van der Waals surface area contributed by atoms with E-state index in [-0.39, 0.29) is 5.91 Å². The molecule has 1 fully saturated rings. The molecule has 1 aliphatic heterocycles. The number of carbonyl (C=O) groups excluding carboxylic acids is 1. The Bertz CT molecular complexity index is 1030. The summed E-state index contributed by atoms with van der Waals surface area (Å²) in [6.45, 7) is 5.56. The fraction of sp³-hybridized carbons (Fsp3) is 0.348. The molecule has 1 aliphatic rings. The first-order valence-electron chi connectivity index (χ1n) is 10.3. The van der Waals surface area contributed by atoms with Crippen LogP contribution in [-0.4, -0.2) is 54.3 Å². The van der Waals surface area contributed by atoms with E-state index in [9.17, 15) is 4.79 Å². The molecule has 3 aromatic rings. The third-order valence-corrected chi connectivity index (χ3v) is 6.17. The van der Waals surface area contributed by atoms with Crippen LogP contribution in [0, 0.1) is 6.92 Å². The first-order valence-corrected chi connectivity index (χ1v) is 11.3. The van der Waals surface area contributed by atoms with E-state index in [1.807, 2.05) is 38.2 Å². The summed E-state index contributed by atoms with van der Waals surface area (Å²) in [5.74, 6) is 1.31. The Balaban J connectivity index is 1.48. The number of hydrogen-bond acceptors (Lipinski definition) is 7. The van der Waals surface area contributed by atoms with Crippen molar-refractivity contribution in [1.82, 2.24) is 15.0 Å². The summed E-state index contributed by atoms with van der Waals surface area (Å²) < 4.78 is 10.6. The lowest BCUT2D eigenvalue weighted by Gasteiger charge is -2.31. The minimum absolute atomic E-state index is 0.0521. The minimum atomic E-state index is -0.0521. The molecule has 0 unspecified atom stereocenters. The number of pyridine rings is 1. The van der Waals surface area contributed by atoms with E-state index in [2.05, 4.69) is 27.2 Å². The van der Waals surface area contributed by atoms with Crippen molar-refractivity contribution >= 4 is 23.4 Å². The fourth-order valence-corrected chi connectivity index (χ4v) is 4.45. The maximum Gasteiger partial charge on any atom is 0.256 e. The number of benzene rings is 1. The Morgan fingerprint density at radius 2 is 2.00 bits per heavy atom. The quantitative estimate of drug-likeness (QED) is 0.520. The van der Waals surface area contributed by atoms with Gasteiger partial charge in [0.2, 0.25) is 0 Å². The summed E-state index contributed by atoms with van der Waals surface area (Å²) in [5, 5.41) is 4.71. The van der Waals surface area contributed by atoms with Crippen LogP contribution in [0.4, 0.5) is 5.69 Å². The highest BCUT2D eigenvalue weighted by Crippen LogP contribution is 2.27. The lowest BCUT2D eigenvalue weighted by Crippen LogP contribution is -2.37. The molecular formula is C23H26N4O3S. The molecule has 0 radical (unpaired) electrons. The Morgan fingerprint density at radius 1 is 1.19 bits per heavy atom. The average molecular weight is 439 g/mol. The van der Waals surface area contributed by atoms with Crippen LogP contribution in [0.5, 0.6) is 0 Å². The molecule has 2 aromatic heterocycles. The van der Waals surface area contributed by atoms with Gasteiger partial charge in [-0.1, -0.05) is 35.1 Å². The zero-order valence-electron chi connectivity index (χ0n) is 17.8. The van der Waals surface area contributed by atoms with E-state index in [4.69, 9.17) is 9.26 Å². The number of amides is 1. The maximum atomic E-state index is 13.3. The van der Waals surface area contributed by atoms with Gasteiger partial charge in [0.05, 0.1) is 24.5 Å². The van der Waals surface area contributed by atoms with Gasteiger partial charge in [-0.05, 0) is 30.7 Å². The van der Waals surface area contributed by atoms with Crippen LogP contribution in [-0.2, 0) is 17.0 Å². The predicted octanol–water partition coefficient (Wildman–Crippen LogP) is 3.78. The van der Waals surface area contributed by atoms with Crippen molar-refractivity contribution in [2.75, 3.05) is 38.3 Å². The molecule has 1 aromatic carbocycles. The summed E-state index contributed by atoms with van der Waals surface area (Å²) in [6.07, 6.45) is 1.71. The molecule has 1 amide bonds. The van der Waals surface area contributed by atoms with Crippen LogP contribution in [0.2, 0.25) is 0 Å². The lowest BCUT2D eigenvalue weighted by molar-refractivity contribution is 0.0780. The number of carbonyl (C=O) groups is 1. The molecule has 0 spiro atoms. The van der Waals surface area contributed by atoms with Gasteiger partial charge in [-0.3, -0.25) is 4.79 Å². The minimum Gasteiger partial charge on any atom is -0.378 e. The second-order valence-electron chi connectivity index (χ2n) is 7.46. The number of para-hydroxylation sites is 1. The van der Waals surface area contributed by atoms with Gasteiger partial charge < -0.3 is 19.1 Å². The van der Waals surface area contributed by atoms with Crippen molar-refractivity contribution in [2.24, 2.45) is 0 Å². The average Bonchev–Trinajstić information content (AvgIpc) is 3.23. The molecular weight excluding hydrogens is 412 g/mol. The number of aromatic nitrogens is 2. The first-order chi connectivity index (χ1) is 15.1. The predicted molar refractivity (Wildman–Crippen MR) is 120 cm³/mol. The van der Waals surface area contributed by atoms with Gasteiger partial charge in [-0.25, -0.2) is 4.98 Å². The first kappa shape index (κ1) is 21.4. The van der Waals surface area contributed by atoms with Crippen molar-refractivity contribution in [3.05, 3.63) is 71.2 Å². The molecule has 4 rings (SSSR count). The van der Waals surface area contributed by atoms with Crippen LogP contribution < -0.4 is 4.90 Å². The van der Waals surface area contributed by atoms with Gasteiger partial charge in [0, 0.05) is 50.4 Å². The molecule has 31 heavy (non-hydrogen) atoms. The van der Waals surface area contributed by atoms with Gasteiger partial charge in [-0.2, -0.15) is 0 Å². The largest absolute Gasteiger partial charge is 0.378 e. The number of hydrogen-bond donors (Lipinski definition) is 0. The molecule has 0 saturated carbocycles. The van der Waals surface area contributed by atoms with Crippen molar-refractivity contribution in [3.63, 3.8) is 0 Å². The normalized spacial score (nSPS) is 13.9. The van der Waals surface area contributed by atoms with Crippen molar-refractivity contribution < 1.29 is 14.1 Å². The zero-order valence-corrected chi connectivity index (χ0v) is 18.6. The topological polar surface area (TPSA) is 71.7 Å².